The predicted molar refractivity (Wildman–Crippen MR) is 42.1 cm³/mol. The van der Waals surface area contributed by atoms with E-state index >= 15 is 0 Å². The van der Waals surface area contributed by atoms with Gasteiger partial charge in [0.15, 0.2) is 0 Å². The van der Waals surface area contributed by atoms with Crippen LogP contribution in [0.15, 0.2) is 11.5 Å². The molecule has 3 heteroatoms. The number of hydrogen-bond acceptors (Lipinski definition) is 2. The van der Waals surface area contributed by atoms with Gasteiger partial charge in [0.25, 0.3) is 0 Å². The molecule has 1 aliphatic rings. The van der Waals surface area contributed by atoms with Crippen molar-refractivity contribution in [2.24, 2.45) is 0 Å². The van der Waals surface area contributed by atoms with Crippen LogP contribution in [0, 0.1) is 0 Å². The first kappa shape index (κ1) is 5.31. The van der Waals surface area contributed by atoms with Crippen LogP contribution in [0.1, 0.15) is 0 Å². The second-order valence-electron chi connectivity index (χ2n) is 0.872. The Morgan fingerprint density at radius 3 is 2.67 bits per heavy atom. The fraction of sp³-hybridized carbons (Fsp3) is 0.333. The first-order chi connectivity index (χ1) is 2.89. The van der Waals surface area contributed by atoms with Gasteiger partial charge >= 0.3 is 0 Å². The summed E-state index contributed by atoms with van der Waals surface area (Å²) in [6.45, 7) is 0. The molecule has 34 valence electrons. The first-order valence-electron chi connectivity index (χ1n) is 1.52. The molecule has 0 aromatic carbocycles. The third kappa shape index (κ3) is 1.35. The van der Waals surface area contributed by atoms with Gasteiger partial charge in [0.2, 0.25) is 0 Å². The van der Waals surface area contributed by atoms with E-state index in [2.05, 4.69) is 34.1 Å². The molecule has 1 aliphatic heterocycles. The molecule has 0 bridgehead atoms. The van der Waals surface area contributed by atoms with Crippen molar-refractivity contribution in [1.29, 1.82) is 0 Å². The van der Waals surface area contributed by atoms with Crippen molar-refractivity contribution >= 4 is 44.2 Å². The lowest BCUT2D eigenvalue weighted by atomic mass is 10.8. The summed E-state index contributed by atoms with van der Waals surface area (Å²) in [5.74, 6) is 0. The highest BCUT2D eigenvalue weighted by atomic mass is 127. The summed E-state index contributed by atoms with van der Waals surface area (Å²) in [5, 5.41) is 2.13. The van der Waals surface area contributed by atoms with Gasteiger partial charge in [-0.3, -0.25) is 0 Å². The molecule has 0 aliphatic carbocycles. The van der Waals surface area contributed by atoms with E-state index in [-0.39, 0.29) is 0 Å². The average Bonchev–Trinajstić information content (AvgIpc) is 1.86. The summed E-state index contributed by atoms with van der Waals surface area (Å²) in [4.78, 5) is 0. The van der Waals surface area contributed by atoms with Crippen LogP contribution in [-0.4, -0.2) is 3.26 Å². The zero-order valence-corrected chi connectivity index (χ0v) is 6.72. The zero-order chi connectivity index (χ0) is 4.41. The lowest BCUT2D eigenvalue weighted by molar-refractivity contribution is 1.78. The van der Waals surface area contributed by atoms with Crippen molar-refractivity contribution in [2.45, 2.75) is 3.26 Å². The molecule has 1 atom stereocenters. The Morgan fingerprint density at radius 1 is 1.67 bits per heavy atom. The summed E-state index contributed by atoms with van der Waals surface area (Å²) in [7, 11) is 3.70. The van der Waals surface area contributed by atoms with Gasteiger partial charge in [-0.15, -0.1) is 0 Å². The van der Waals surface area contributed by atoms with Crippen molar-refractivity contribution in [3.8, 4) is 0 Å². The molecular formula is C3H3IS2. The van der Waals surface area contributed by atoms with Crippen LogP contribution in [0.2, 0.25) is 0 Å². The summed E-state index contributed by atoms with van der Waals surface area (Å²) in [6, 6.07) is 0. The standard InChI is InChI=1S/C3H3IS2/c4-3-1-2-5-6-3/h1-3H. The third-order valence-corrected chi connectivity index (χ3v) is 4.66. The number of hydrogen-bond donors (Lipinski definition) is 0. The normalized spacial score (nSPS) is 31.8. The molecule has 0 spiro atoms. The van der Waals surface area contributed by atoms with E-state index in [0.717, 1.165) is 0 Å². The van der Waals surface area contributed by atoms with Crippen molar-refractivity contribution in [3.63, 3.8) is 0 Å². The second-order valence-corrected chi connectivity index (χ2v) is 5.38. The number of halogens is 1. The van der Waals surface area contributed by atoms with Crippen LogP contribution < -0.4 is 0 Å². The maximum absolute atomic E-state index is 2.39. The molecule has 0 aromatic heterocycles. The maximum Gasteiger partial charge on any atom is 0.0859 e. The van der Waals surface area contributed by atoms with E-state index in [9.17, 15) is 0 Å². The summed E-state index contributed by atoms with van der Waals surface area (Å²) >= 11 is 2.39. The van der Waals surface area contributed by atoms with Gasteiger partial charge in [0.1, 0.15) is 0 Å². The number of rotatable bonds is 0. The SMILES string of the molecule is IC1C=CSS1. The predicted octanol–water partition coefficient (Wildman–Crippen LogP) is 2.66. The van der Waals surface area contributed by atoms with Crippen LogP contribution >= 0.6 is 44.2 Å². The van der Waals surface area contributed by atoms with Gasteiger partial charge in [-0.05, 0) is 5.41 Å². The molecule has 0 N–H and O–H groups in total. The van der Waals surface area contributed by atoms with Gasteiger partial charge < -0.3 is 0 Å². The minimum absolute atomic E-state index is 0.715. The molecule has 0 nitrogen and oxygen atoms in total. The second kappa shape index (κ2) is 2.47. The van der Waals surface area contributed by atoms with Crippen LogP contribution in [0.5, 0.6) is 0 Å². The number of alkyl halides is 1. The van der Waals surface area contributed by atoms with Gasteiger partial charge in [-0.2, -0.15) is 0 Å². The first-order valence-corrected chi connectivity index (χ1v) is 5.04. The van der Waals surface area contributed by atoms with Crippen molar-refractivity contribution in [2.75, 3.05) is 0 Å². The molecule has 1 rings (SSSR count). The van der Waals surface area contributed by atoms with E-state index in [1.54, 1.807) is 0 Å². The highest BCUT2D eigenvalue weighted by Gasteiger charge is 2.02. The van der Waals surface area contributed by atoms with Crippen LogP contribution in [0.3, 0.4) is 0 Å². The maximum atomic E-state index is 2.39. The highest BCUT2D eigenvalue weighted by molar-refractivity contribution is 14.1. The van der Waals surface area contributed by atoms with E-state index in [1.165, 1.54) is 0 Å². The van der Waals surface area contributed by atoms with E-state index in [1.807, 2.05) is 21.6 Å². The van der Waals surface area contributed by atoms with Crippen molar-refractivity contribution < 1.29 is 0 Å². The van der Waals surface area contributed by atoms with E-state index in [4.69, 9.17) is 0 Å². The third-order valence-electron chi connectivity index (χ3n) is 0.433. The summed E-state index contributed by atoms with van der Waals surface area (Å²) in [5.41, 5.74) is 0. The van der Waals surface area contributed by atoms with Gasteiger partial charge in [-0.1, -0.05) is 50.3 Å². The van der Waals surface area contributed by atoms with Crippen molar-refractivity contribution in [1.82, 2.24) is 0 Å². The lowest BCUT2D eigenvalue weighted by Gasteiger charge is -1.85. The molecule has 0 aromatic rings. The van der Waals surface area contributed by atoms with Crippen LogP contribution in [0.4, 0.5) is 0 Å². The lowest BCUT2D eigenvalue weighted by Crippen LogP contribution is -1.69. The minimum atomic E-state index is 0.715. The molecule has 1 unspecified atom stereocenters. The summed E-state index contributed by atoms with van der Waals surface area (Å²) in [6.07, 6.45) is 2.19. The van der Waals surface area contributed by atoms with Crippen molar-refractivity contribution in [3.05, 3.63) is 11.5 Å². The molecule has 0 fully saturated rings. The quantitative estimate of drug-likeness (QED) is 0.356. The Morgan fingerprint density at radius 2 is 2.50 bits per heavy atom. The molecule has 0 saturated carbocycles. The Balaban J connectivity index is 2.38. The minimum Gasteiger partial charge on any atom is -0.0711 e. The molecule has 0 amide bonds. The van der Waals surface area contributed by atoms with Gasteiger partial charge in [-0.25, -0.2) is 0 Å². The smallest absolute Gasteiger partial charge is 0.0711 e. The molecule has 6 heavy (non-hydrogen) atoms. The zero-order valence-electron chi connectivity index (χ0n) is 2.93. The molecule has 1 heterocycles. The Hall–Kier alpha value is 1.17. The van der Waals surface area contributed by atoms with Crippen LogP contribution in [0.25, 0.3) is 0 Å². The molecule has 0 saturated heterocycles. The largest absolute Gasteiger partial charge is 0.0859 e. The Kier molecular flexibility index (Phi) is 2.19. The summed E-state index contributed by atoms with van der Waals surface area (Å²) < 4.78 is 0.715. The molecular weight excluding hydrogens is 227 g/mol. The Bertz CT molecular complexity index is 71.2. The monoisotopic (exact) mass is 230 g/mol. The fourth-order valence-electron chi connectivity index (χ4n) is 0.211. The van der Waals surface area contributed by atoms with Gasteiger partial charge in [0, 0.05) is 0 Å². The molecule has 0 radical (unpaired) electrons. The van der Waals surface area contributed by atoms with E-state index < -0.39 is 0 Å². The average molecular weight is 230 g/mol. The topological polar surface area (TPSA) is 0 Å². The van der Waals surface area contributed by atoms with Crippen LogP contribution in [-0.2, 0) is 0 Å². The highest BCUT2D eigenvalue weighted by Crippen LogP contribution is 2.38. The Labute approximate surface area is 58.7 Å². The van der Waals surface area contributed by atoms with E-state index in [0.29, 0.717) is 3.26 Å². The van der Waals surface area contributed by atoms with Gasteiger partial charge in [0.05, 0.1) is 3.26 Å². The fourth-order valence-corrected chi connectivity index (χ4v) is 3.31.